The van der Waals surface area contributed by atoms with Gasteiger partial charge in [-0.1, -0.05) is 6.07 Å². The smallest absolute Gasteiger partial charge is 0.265 e. The molecule has 4 heteroatoms. The van der Waals surface area contributed by atoms with E-state index in [1.165, 1.54) is 0 Å². The van der Waals surface area contributed by atoms with Crippen molar-refractivity contribution in [1.29, 1.82) is 0 Å². The summed E-state index contributed by atoms with van der Waals surface area (Å²) in [5.41, 5.74) is 0.660. The van der Waals surface area contributed by atoms with Gasteiger partial charge in [-0.25, -0.2) is 0 Å². The summed E-state index contributed by atoms with van der Waals surface area (Å²) in [7, 11) is 1.57. The Labute approximate surface area is 81.8 Å². The Morgan fingerprint density at radius 3 is 3.00 bits per heavy atom. The maximum Gasteiger partial charge on any atom is 0.265 e. The molecule has 0 fully saturated rings. The van der Waals surface area contributed by atoms with Gasteiger partial charge in [0.05, 0.1) is 12.8 Å². The lowest BCUT2D eigenvalue weighted by Crippen LogP contribution is -2.34. The predicted molar refractivity (Wildman–Crippen MR) is 51.7 cm³/mol. The molecule has 1 aromatic rings. The van der Waals surface area contributed by atoms with Crippen LogP contribution < -0.4 is 14.8 Å². The van der Waals surface area contributed by atoms with Crippen molar-refractivity contribution in [2.24, 2.45) is 0 Å². The molecule has 0 aliphatic carbocycles. The van der Waals surface area contributed by atoms with Crippen molar-refractivity contribution in [3.63, 3.8) is 0 Å². The van der Waals surface area contributed by atoms with Crippen molar-refractivity contribution in [2.75, 3.05) is 12.4 Å². The number of hydrogen-bond acceptors (Lipinski definition) is 3. The van der Waals surface area contributed by atoms with Crippen LogP contribution in [0.1, 0.15) is 6.92 Å². The SMILES string of the molecule is COc1cccc2c1OC(C)C(=O)N2. The van der Waals surface area contributed by atoms with E-state index < -0.39 is 6.10 Å². The van der Waals surface area contributed by atoms with Gasteiger partial charge in [-0.3, -0.25) is 4.79 Å². The van der Waals surface area contributed by atoms with Gasteiger partial charge in [-0.15, -0.1) is 0 Å². The summed E-state index contributed by atoms with van der Waals surface area (Å²) in [5, 5.41) is 2.74. The van der Waals surface area contributed by atoms with Crippen LogP contribution in [-0.4, -0.2) is 19.1 Å². The first-order chi connectivity index (χ1) is 6.72. The van der Waals surface area contributed by atoms with E-state index in [4.69, 9.17) is 9.47 Å². The second-order valence-corrected chi connectivity index (χ2v) is 3.09. The summed E-state index contributed by atoms with van der Waals surface area (Å²) in [6.45, 7) is 1.70. The van der Waals surface area contributed by atoms with Gasteiger partial charge in [-0.05, 0) is 19.1 Å². The third-order valence-electron chi connectivity index (χ3n) is 2.12. The number of carbonyl (C=O) groups excluding carboxylic acids is 1. The molecular weight excluding hydrogens is 182 g/mol. The molecule has 0 saturated carbocycles. The van der Waals surface area contributed by atoms with Gasteiger partial charge < -0.3 is 14.8 Å². The molecule has 1 aliphatic heterocycles. The van der Waals surface area contributed by atoms with E-state index in [2.05, 4.69) is 5.32 Å². The third kappa shape index (κ3) is 1.28. The highest BCUT2D eigenvalue weighted by molar-refractivity contribution is 5.98. The molecule has 14 heavy (non-hydrogen) atoms. The standard InChI is InChI=1S/C10H11NO3/c1-6-10(12)11-7-4-3-5-8(13-2)9(7)14-6/h3-6H,1-2H3,(H,11,12). The summed E-state index contributed by atoms with van der Waals surface area (Å²) in [5.74, 6) is 1.10. The zero-order valence-corrected chi connectivity index (χ0v) is 8.03. The van der Waals surface area contributed by atoms with Crippen LogP contribution in [0.15, 0.2) is 18.2 Å². The molecule has 4 nitrogen and oxygen atoms in total. The Balaban J connectivity index is 2.46. The highest BCUT2D eigenvalue weighted by atomic mass is 16.5. The third-order valence-corrected chi connectivity index (χ3v) is 2.12. The molecule has 1 aromatic carbocycles. The fraction of sp³-hybridized carbons (Fsp3) is 0.300. The topological polar surface area (TPSA) is 47.6 Å². The fourth-order valence-electron chi connectivity index (χ4n) is 1.36. The number of fused-ring (bicyclic) bond motifs is 1. The number of nitrogens with one attached hydrogen (secondary N) is 1. The zero-order valence-electron chi connectivity index (χ0n) is 8.03. The van der Waals surface area contributed by atoms with Crippen molar-refractivity contribution in [3.05, 3.63) is 18.2 Å². The molecule has 1 aliphatic rings. The minimum Gasteiger partial charge on any atom is -0.493 e. The lowest BCUT2D eigenvalue weighted by Gasteiger charge is -2.24. The van der Waals surface area contributed by atoms with Gasteiger partial charge in [-0.2, -0.15) is 0 Å². The van der Waals surface area contributed by atoms with Crippen molar-refractivity contribution in [3.8, 4) is 11.5 Å². The number of carbonyl (C=O) groups is 1. The molecule has 0 radical (unpaired) electrons. The van der Waals surface area contributed by atoms with Crippen LogP contribution in [0.25, 0.3) is 0 Å². The highest BCUT2D eigenvalue weighted by Crippen LogP contribution is 2.38. The van der Waals surface area contributed by atoms with Crippen LogP contribution in [-0.2, 0) is 4.79 Å². The van der Waals surface area contributed by atoms with E-state index in [0.29, 0.717) is 17.2 Å². The second-order valence-electron chi connectivity index (χ2n) is 3.09. The Morgan fingerprint density at radius 1 is 1.50 bits per heavy atom. The lowest BCUT2D eigenvalue weighted by molar-refractivity contribution is -0.122. The van der Waals surface area contributed by atoms with Gasteiger partial charge in [0, 0.05) is 0 Å². The van der Waals surface area contributed by atoms with Crippen LogP contribution in [0, 0.1) is 0 Å². The van der Waals surface area contributed by atoms with E-state index in [1.54, 1.807) is 32.2 Å². The van der Waals surface area contributed by atoms with Gasteiger partial charge in [0.15, 0.2) is 17.6 Å². The lowest BCUT2D eigenvalue weighted by atomic mass is 10.2. The summed E-state index contributed by atoms with van der Waals surface area (Å²) in [4.78, 5) is 11.3. The fourth-order valence-corrected chi connectivity index (χ4v) is 1.36. The zero-order chi connectivity index (χ0) is 10.1. The first-order valence-corrected chi connectivity index (χ1v) is 4.37. The summed E-state index contributed by atoms with van der Waals surface area (Å²) < 4.78 is 10.5. The first kappa shape index (κ1) is 8.87. The molecule has 74 valence electrons. The molecule has 1 atom stereocenters. The number of ether oxygens (including phenoxy) is 2. The van der Waals surface area contributed by atoms with Gasteiger partial charge in [0.25, 0.3) is 5.91 Å². The van der Waals surface area contributed by atoms with Gasteiger partial charge >= 0.3 is 0 Å². The van der Waals surface area contributed by atoms with Crippen molar-refractivity contribution >= 4 is 11.6 Å². The molecule has 1 unspecified atom stereocenters. The molecule has 0 saturated heterocycles. The summed E-state index contributed by atoms with van der Waals surface area (Å²) >= 11 is 0. The van der Waals surface area contributed by atoms with E-state index >= 15 is 0 Å². The molecule has 0 bridgehead atoms. The molecule has 0 aromatic heterocycles. The van der Waals surface area contributed by atoms with E-state index in [0.717, 1.165) is 0 Å². The maximum atomic E-state index is 11.3. The van der Waals surface area contributed by atoms with E-state index in [1.807, 2.05) is 0 Å². The Hall–Kier alpha value is -1.71. The molecule has 1 amide bonds. The Bertz CT molecular complexity index is 376. The second kappa shape index (κ2) is 3.21. The number of hydrogen-bond donors (Lipinski definition) is 1. The normalized spacial score (nSPS) is 19.3. The quantitative estimate of drug-likeness (QED) is 0.733. The monoisotopic (exact) mass is 193 g/mol. The van der Waals surface area contributed by atoms with E-state index in [-0.39, 0.29) is 5.91 Å². The molecular formula is C10H11NO3. The van der Waals surface area contributed by atoms with Crippen molar-refractivity contribution in [1.82, 2.24) is 0 Å². The Morgan fingerprint density at radius 2 is 2.29 bits per heavy atom. The summed E-state index contributed by atoms with van der Waals surface area (Å²) in [6.07, 6.45) is -0.473. The van der Waals surface area contributed by atoms with Gasteiger partial charge in [0.1, 0.15) is 0 Å². The number of methoxy groups -OCH3 is 1. The minimum atomic E-state index is -0.473. The van der Waals surface area contributed by atoms with Crippen LogP contribution >= 0.6 is 0 Å². The molecule has 1 N–H and O–H groups in total. The number of amides is 1. The number of para-hydroxylation sites is 1. The van der Waals surface area contributed by atoms with Crippen LogP contribution in [0.4, 0.5) is 5.69 Å². The Kier molecular flexibility index (Phi) is 2.04. The van der Waals surface area contributed by atoms with Gasteiger partial charge in [0.2, 0.25) is 0 Å². The van der Waals surface area contributed by atoms with Crippen LogP contribution in [0.2, 0.25) is 0 Å². The predicted octanol–water partition coefficient (Wildman–Crippen LogP) is 1.41. The average molecular weight is 193 g/mol. The van der Waals surface area contributed by atoms with Crippen molar-refractivity contribution < 1.29 is 14.3 Å². The summed E-state index contributed by atoms with van der Waals surface area (Å²) in [6, 6.07) is 5.38. The maximum absolute atomic E-state index is 11.3. The number of benzene rings is 1. The van der Waals surface area contributed by atoms with Crippen LogP contribution in [0.3, 0.4) is 0 Å². The minimum absolute atomic E-state index is 0.134. The largest absolute Gasteiger partial charge is 0.493 e. The molecule has 1 heterocycles. The van der Waals surface area contributed by atoms with E-state index in [9.17, 15) is 4.79 Å². The number of rotatable bonds is 1. The molecule has 0 spiro atoms. The first-order valence-electron chi connectivity index (χ1n) is 4.37. The molecule has 2 rings (SSSR count). The van der Waals surface area contributed by atoms with Crippen LogP contribution in [0.5, 0.6) is 11.5 Å². The number of anilines is 1. The highest BCUT2D eigenvalue weighted by Gasteiger charge is 2.25. The van der Waals surface area contributed by atoms with Crippen molar-refractivity contribution in [2.45, 2.75) is 13.0 Å². The average Bonchev–Trinajstić information content (AvgIpc) is 2.19.